The number of ether oxygens (including phenoxy) is 4. The van der Waals surface area contributed by atoms with Crippen LogP contribution in [0.4, 0.5) is 0 Å². The Balaban J connectivity index is 1.58. The first-order chi connectivity index (χ1) is 20.9. The molecule has 16 atom stereocenters. The lowest BCUT2D eigenvalue weighted by atomic mass is 9.83. The maximum absolute atomic E-state index is 12.7. The molecule has 1 aliphatic carbocycles. The summed E-state index contributed by atoms with van der Waals surface area (Å²) in [5, 5.41) is 82.7. The fraction of sp³-hybridized carbons (Fsp3) is 0.960. The van der Waals surface area contributed by atoms with Crippen LogP contribution < -0.4 is 38.9 Å². The first-order valence-electron chi connectivity index (χ1n) is 14.9. The van der Waals surface area contributed by atoms with Crippen molar-refractivity contribution in [3.63, 3.8) is 0 Å². The Hall–Kier alpha value is -1.21. The lowest BCUT2D eigenvalue weighted by molar-refractivity contribution is -0.321. The lowest BCUT2D eigenvalue weighted by Crippen LogP contribution is -2.72. The molecule has 44 heavy (non-hydrogen) atoms. The molecule has 18 N–H and O–H groups in total. The number of amides is 1. The van der Waals surface area contributed by atoms with E-state index in [0.29, 0.717) is 13.1 Å². The second-order valence-electron chi connectivity index (χ2n) is 11.9. The van der Waals surface area contributed by atoms with Gasteiger partial charge >= 0.3 is 0 Å². The number of nitrogens with one attached hydrogen (secondary N) is 3. The van der Waals surface area contributed by atoms with E-state index in [4.69, 9.17) is 41.9 Å². The predicted molar refractivity (Wildman–Crippen MR) is 149 cm³/mol. The Morgan fingerprint density at radius 1 is 0.909 bits per heavy atom. The summed E-state index contributed by atoms with van der Waals surface area (Å²) in [6.07, 6.45) is -16.6. The molecule has 0 bridgehead atoms. The van der Waals surface area contributed by atoms with Crippen LogP contribution in [0.1, 0.15) is 12.8 Å². The molecule has 0 aromatic carbocycles. The van der Waals surface area contributed by atoms with Crippen LogP contribution in [-0.2, 0) is 23.7 Å². The molecule has 4 aliphatic rings. The van der Waals surface area contributed by atoms with E-state index in [2.05, 4.69) is 16.0 Å². The zero-order valence-electron chi connectivity index (χ0n) is 24.2. The second kappa shape index (κ2) is 15.6. The molecule has 19 heteroatoms. The quantitative estimate of drug-likeness (QED) is 0.0942. The van der Waals surface area contributed by atoms with Crippen molar-refractivity contribution in [2.75, 3.05) is 32.8 Å². The van der Waals surface area contributed by atoms with Crippen LogP contribution in [0.3, 0.4) is 0 Å². The van der Waals surface area contributed by atoms with Gasteiger partial charge in [-0.25, -0.2) is 0 Å². The summed E-state index contributed by atoms with van der Waals surface area (Å²) in [5.74, 6) is -0.810. The number of carbonyl (C=O) groups is 1. The van der Waals surface area contributed by atoms with E-state index >= 15 is 0 Å². The number of aliphatic hydroxyl groups excluding tert-OH is 7. The van der Waals surface area contributed by atoms with Crippen molar-refractivity contribution in [2.45, 2.75) is 117 Å². The first-order valence-corrected chi connectivity index (χ1v) is 14.9. The standard InChI is InChI=1S/C25H49N7O12/c26-2-1-11(34)23(40)32-10-3-9(28)21(20(39)22(10)44-25-18(37)14(29)16(35)13(7-33)42-25)43-24-15(31-8-5-30-6-8)19(38)17(36)12(4-27)41-24/h8-22,24-25,30-31,33-39H,1-7,26-29H2,(H,32,40)/t9-,10+,11-,12+,13+,14-,15+,16+,17+,18+,19+,20-,21?,22-,24+,25+/m0/s1. The van der Waals surface area contributed by atoms with Crippen LogP contribution in [0.5, 0.6) is 0 Å². The molecule has 4 fully saturated rings. The Kier molecular flexibility index (Phi) is 12.6. The van der Waals surface area contributed by atoms with Crippen LogP contribution in [-0.4, -0.2) is 178 Å². The highest BCUT2D eigenvalue weighted by Gasteiger charge is 2.53. The van der Waals surface area contributed by atoms with E-state index in [1.165, 1.54) is 0 Å². The van der Waals surface area contributed by atoms with E-state index in [-0.39, 0.29) is 32.0 Å². The smallest absolute Gasteiger partial charge is 0.249 e. The van der Waals surface area contributed by atoms with E-state index in [1.54, 1.807) is 0 Å². The third kappa shape index (κ3) is 7.66. The molecular formula is C25H49N7O12. The average molecular weight is 640 g/mol. The van der Waals surface area contributed by atoms with Crippen LogP contribution in [0.2, 0.25) is 0 Å². The van der Waals surface area contributed by atoms with Crippen LogP contribution in [0, 0.1) is 0 Å². The minimum Gasteiger partial charge on any atom is -0.394 e. The third-order valence-electron chi connectivity index (χ3n) is 8.75. The largest absolute Gasteiger partial charge is 0.394 e. The Morgan fingerprint density at radius 2 is 1.57 bits per heavy atom. The van der Waals surface area contributed by atoms with E-state index in [9.17, 15) is 40.5 Å². The number of aliphatic hydroxyl groups is 7. The van der Waals surface area contributed by atoms with Crippen molar-refractivity contribution in [2.24, 2.45) is 22.9 Å². The zero-order chi connectivity index (χ0) is 32.3. The molecule has 0 aromatic rings. The van der Waals surface area contributed by atoms with Gasteiger partial charge in [0.1, 0.15) is 61.0 Å². The van der Waals surface area contributed by atoms with Gasteiger partial charge in [0, 0.05) is 31.7 Å². The van der Waals surface area contributed by atoms with Crippen LogP contribution >= 0.6 is 0 Å². The van der Waals surface area contributed by atoms with Crippen molar-refractivity contribution in [3.8, 4) is 0 Å². The molecule has 256 valence electrons. The van der Waals surface area contributed by atoms with Crippen LogP contribution in [0.25, 0.3) is 0 Å². The monoisotopic (exact) mass is 639 g/mol. The minimum absolute atomic E-state index is 0.0277. The van der Waals surface area contributed by atoms with Crippen molar-refractivity contribution in [1.29, 1.82) is 0 Å². The Morgan fingerprint density at radius 3 is 2.16 bits per heavy atom. The fourth-order valence-electron chi connectivity index (χ4n) is 5.94. The molecule has 3 heterocycles. The molecule has 4 rings (SSSR count). The van der Waals surface area contributed by atoms with E-state index < -0.39 is 110 Å². The van der Waals surface area contributed by atoms with Gasteiger partial charge in [-0.05, 0) is 19.4 Å². The molecule has 19 nitrogen and oxygen atoms in total. The summed E-state index contributed by atoms with van der Waals surface area (Å²) in [6, 6.07) is -4.32. The summed E-state index contributed by atoms with van der Waals surface area (Å²) in [6.45, 7) is 0.424. The minimum atomic E-state index is -1.64. The Labute approximate surface area is 254 Å². The molecule has 3 saturated heterocycles. The van der Waals surface area contributed by atoms with Gasteiger partial charge in [-0.15, -0.1) is 0 Å². The maximum atomic E-state index is 12.7. The van der Waals surface area contributed by atoms with Gasteiger partial charge in [0.15, 0.2) is 12.6 Å². The normalized spacial score (nSPS) is 45.8. The van der Waals surface area contributed by atoms with Gasteiger partial charge in [-0.2, -0.15) is 0 Å². The fourth-order valence-corrected chi connectivity index (χ4v) is 5.94. The van der Waals surface area contributed by atoms with Crippen molar-refractivity contribution < 1.29 is 59.5 Å². The van der Waals surface area contributed by atoms with Crippen molar-refractivity contribution in [1.82, 2.24) is 16.0 Å². The highest BCUT2D eigenvalue weighted by Crippen LogP contribution is 2.32. The third-order valence-corrected chi connectivity index (χ3v) is 8.75. The van der Waals surface area contributed by atoms with Gasteiger partial charge < -0.3 is 93.6 Å². The molecular weight excluding hydrogens is 590 g/mol. The predicted octanol–water partition coefficient (Wildman–Crippen LogP) is -8.86. The molecule has 0 spiro atoms. The number of nitrogens with two attached hydrogens (primary N) is 4. The van der Waals surface area contributed by atoms with Crippen molar-refractivity contribution >= 4 is 5.91 Å². The van der Waals surface area contributed by atoms with Gasteiger partial charge in [0.2, 0.25) is 5.91 Å². The Bertz CT molecular complexity index is 925. The zero-order valence-corrected chi connectivity index (χ0v) is 24.2. The van der Waals surface area contributed by atoms with E-state index in [1.807, 2.05) is 0 Å². The first kappa shape index (κ1) is 35.6. The highest BCUT2D eigenvalue weighted by molar-refractivity contribution is 5.80. The highest BCUT2D eigenvalue weighted by atomic mass is 16.7. The molecule has 1 saturated carbocycles. The van der Waals surface area contributed by atoms with Gasteiger partial charge in [-0.3, -0.25) is 4.79 Å². The molecule has 0 aromatic heterocycles. The van der Waals surface area contributed by atoms with Gasteiger partial charge in [0.25, 0.3) is 0 Å². The number of rotatable bonds is 12. The second-order valence-corrected chi connectivity index (χ2v) is 11.9. The summed E-state index contributed by atoms with van der Waals surface area (Å²) in [5.41, 5.74) is 23.6. The summed E-state index contributed by atoms with van der Waals surface area (Å²) < 4.78 is 23.6. The maximum Gasteiger partial charge on any atom is 0.249 e. The molecule has 1 amide bonds. The summed E-state index contributed by atoms with van der Waals surface area (Å²) in [7, 11) is 0. The SMILES string of the molecule is NCC[C@H](O)C(=O)N[C@@H]1C[C@H](N)C(O[C@H]2O[C@H](CN)[C@@H](O)[C@H](O)[C@H]2NC2CNC2)[C@H](O)[C@H]1O[C@H]1O[C@H](CO)[C@@H](O)[C@H](N)[C@H]1O. The number of hydrogen-bond acceptors (Lipinski definition) is 18. The van der Waals surface area contributed by atoms with Gasteiger partial charge in [0.05, 0.1) is 24.7 Å². The van der Waals surface area contributed by atoms with Crippen molar-refractivity contribution in [3.05, 3.63) is 0 Å². The molecule has 1 unspecified atom stereocenters. The summed E-state index contributed by atoms with van der Waals surface area (Å²) in [4.78, 5) is 12.7. The lowest BCUT2D eigenvalue weighted by Gasteiger charge is -2.50. The topological polar surface area (TPSA) is 336 Å². The molecule has 0 radical (unpaired) electrons. The number of hydrogen-bond donors (Lipinski definition) is 14. The number of carbonyl (C=O) groups excluding carboxylic acids is 1. The summed E-state index contributed by atoms with van der Waals surface area (Å²) >= 11 is 0. The van der Waals surface area contributed by atoms with Gasteiger partial charge in [-0.1, -0.05) is 0 Å². The van der Waals surface area contributed by atoms with Crippen LogP contribution in [0.15, 0.2) is 0 Å². The molecule has 3 aliphatic heterocycles. The average Bonchev–Trinajstić information content (AvgIpc) is 2.97. The van der Waals surface area contributed by atoms with E-state index in [0.717, 1.165) is 0 Å².